The van der Waals surface area contributed by atoms with Crippen molar-refractivity contribution in [1.82, 2.24) is 30.3 Å². The molecule has 3 heterocycles. The number of guanidine groups is 1. The van der Waals surface area contributed by atoms with Crippen molar-refractivity contribution >= 4 is 41.3 Å². The number of nitrogens with one attached hydrogen (secondary N) is 2. The third-order valence-corrected chi connectivity index (χ3v) is 6.73. The van der Waals surface area contributed by atoms with E-state index in [0.717, 1.165) is 69.8 Å². The average Bonchev–Trinajstić information content (AvgIpc) is 3.45. The van der Waals surface area contributed by atoms with Gasteiger partial charge in [0.1, 0.15) is 12.2 Å². The predicted octanol–water partition coefficient (Wildman–Crippen LogP) is 3.94. The number of likely N-dealkylation sites (tertiary alicyclic amines) is 1. The molecule has 1 unspecified atom stereocenters. The zero-order chi connectivity index (χ0) is 21.2. The molecule has 2 aromatic heterocycles. The van der Waals surface area contributed by atoms with Gasteiger partial charge in [-0.2, -0.15) is 0 Å². The third-order valence-electron chi connectivity index (χ3n) is 5.75. The lowest BCUT2D eigenvalue weighted by atomic mass is 9.97. The van der Waals surface area contributed by atoms with Crippen LogP contribution in [0.5, 0.6) is 0 Å². The van der Waals surface area contributed by atoms with Crippen LogP contribution in [0.25, 0.3) is 0 Å². The lowest BCUT2D eigenvalue weighted by molar-refractivity contribution is 0.143. The first kappa shape index (κ1) is 26.1. The molecule has 0 aliphatic carbocycles. The quantitative estimate of drug-likeness (QED) is 0.262. The first-order chi connectivity index (χ1) is 14.7. The van der Waals surface area contributed by atoms with Gasteiger partial charge in [0.2, 0.25) is 0 Å². The molecule has 9 heteroatoms. The Kier molecular flexibility index (Phi) is 11.8. The van der Waals surface area contributed by atoms with Crippen molar-refractivity contribution in [2.45, 2.75) is 59.0 Å². The van der Waals surface area contributed by atoms with E-state index < -0.39 is 0 Å². The van der Waals surface area contributed by atoms with E-state index in [1.807, 2.05) is 11.3 Å². The minimum atomic E-state index is 0. The lowest BCUT2D eigenvalue weighted by Crippen LogP contribution is -2.41. The lowest BCUT2D eigenvalue weighted by Gasteiger charge is -2.35. The highest BCUT2D eigenvalue weighted by atomic mass is 127. The minimum absolute atomic E-state index is 0. The van der Waals surface area contributed by atoms with Crippen LogP contribution in [0.1, 0.15) is 56.8 Å². The summed E-state index contributed by atoms with van der Waals surface area (Å²) in [5, 5.41) is 17.3. The molecule has 7 nitrogen and oxygen atoms in total. The molecule has 31 heavy (non-hydrogen) atoms. The van der Waals surface area contributed by atoms with Gasteiger partial charge in [-0.3, -0.25) is 9.89 Å². The highest BCUT2D eigenvalue weighted by molar-refractivity contribution is 14.0. The number of halogens is 1. The van der Waals surface area contributed by atoms with E-state index in [0.29, 0.717) is 6.04 Å². The third kappa shape index (κ3) is 8.02. The molecule has 1 aliphatic rings. The second kappa shape index (κ2) is 14.1. The largest absolute Gasteiger partial charge is 0.356 e. The van der Waals surface area contributed by atoms with Crippen LogP contribution in [0, 0.1) is 5.92 Å². The number of aromatic nitrogens is 3. The number of hydrogen-bond acceptors (Lipinski definition) is 5. The molecule has 0 amide bonds. The van der Waals surface area contributed by atoms with Gasteiger partial charge in [0, 0.05) is 30.9 Å². The van der Waals surface area contributed by atoms with Crippen LogP contribution in [0.15, 0.2) is 28.8 Å². The van der Waals surface area contributed by atoms with Gasteiger partial charge in [-0.05, 0) is 49.7 Å². The molecule has 0 saturated carbocycles. The molecule has 1 fully saturated rings. The Morgan fingerprint density at radius 3 is 2.71 bits per heavy atom. The zero-order valence-corrected chi connectivity index (χ0v) is 22.2. The second-order valence-electron chi connectivity index (χ2n) is 8.09. The second-order valence-corrected chi connectivity index (χ2v) is 9.07. The summed E-state index contributed by atoms with van der Waals surface area (Å²) in [6.07, 6.45) is 6.34. The standard InChI is InChI=1S/C22H37N7S.HI/c1-4-10-23-22(24-11-14-29-17-26-27-21(29)5-2)25-16-19(20-7-6-15-30-20)28-12-8-18(3)9-13-28;/h6-7,15,17-19H,4-5,8-14,16H2,1-3H3,(H2,23,24,25);1H. The van der Waals surface area contributed by atoms with Gasteiger partial charge >= 0.3 is 0 Å². The highest BCUT2D eigenvalue weighted by Crippen LogP contribution is 2.29. The monoisotopic (exact) mass is 559 g/mol. The Hall–Kier alpha value is -1.20. The normalized spacial score (nSPS) is 16.7. The van der Waals surface area contributed by atoms with Crippen LogP contribution in [-0.4, -0.2) is 58.3 Å². The van der Waals surface area contributed by atoms with Crippen molar-refractivity contribution in [3.63, 3.8) is 0 Å². The summed E-state index contributed by atoms with van der Waals surface area (Å²) >= 11 is 1.85. The maximum atomic E-state index is 4.99. The topological polar surface area (TPSA) is 70.4 Å². The molecule has 1 aliphatic heterocycles. The molecular formula is C22H38IN7S. The van der Waals surface area contributed by atoms with Crippen LogP contribution in [0.2, 0.25) is 0 Å². The summed E-state index contributed by atoms with van der Waals surface area (Å²) in [6.45, 7) is 12.3. The summed E-state index contributed by atoms with van der Waals surface area (Å²) in [6, 6.07) is 4.78. The number of aryl methyl sites for hydroxylation is 1. The summed E-state index contributed by atoms with van der Waals surface area (Å²) in [7, 11) is 0. The molecule has 1 saturated heterocycles. The smallest absolute Gasteiger partial charge is 0.191 e. The fourth-order valence-electron chi connectivity index (χ4n) is 3.84. The molecule has 3 rings (SSSR count). The number of thiophene rings is 1. The van der Waals surface area contributed by atoms with Crippen LogP contribution in [-0.2, 0) is 13.0 Å². The number of rotatable bonds is 10. The zero-order valence-electron chi connectivity index (χ0n) is 19.1. The van der Waals surface area contributed by atoms with Crippen LogP contribution < -0.4 is 10.6 Å². The van der Waals surface area contributed by atoms with Crippen molar-refractivity contribution in [2.24, 2.45) is 10.9 Å². The van der Waals surface area contributed by atoms with E-state index in [1.165, 1.54) is 17.7 Å². The molecule has 174 valence electrons. The molecular weight excluding hydrogens is 521 g/mol. The number of nitrogens with zero attached hydrogens (tertiary/aromatic N) is 5. The fraction of sp³-hybridized carbons (Fsp3) is 0.682. The average molecular weight is 560 g/mol. The molecule has 0 bridgehead atoms. The van der Waals surface area contributed by atoms with Gasteiger partial charge in [-0.25, -0.2) is 0 Å². The summed E-state index contributed by atoms with van der Waals surface area (Å²) in [5.41, 5.74) is 0. The Balaban J connectivity index is 0.00000341. The molecule has 2 aromatic rings. The predicted molar refractivity (Wildman–Crippen MR) is 140 cm³/mol. The number of aliphatic imine (C=N–C) groups is 1. The van der Waals surface area contributed by atoms with Gasteiger partial charge in [-0.1, -0.05) is 26.8 Å². The summed E-state index contributed by atoms with van der Waals surface area (Å²) < 4.78 is 2.10. The van der Waals surface area contributed by atoms with Crippen molar-refractivity contribution < 1.29 is 0 Å². The van der Waals surface area contributed by atoms with Crippen molar-refractivity contribution in [2.75, 3.05) is 32.7 Å². The SMILES string of the molecule is CCCNC(=NCC(c1cccs1)N1CCC(C)CC1)NCCn1cnnc1CC.I. The molecule has 0 aromatic carbocycles. The van der Waals surface area contributed by atoms with Crippen LogP contribution in [0.4, 0.5) is 0 Å². The van der Waals surface area contributed by atoms with Gasteiger partial charge in [0.25, 0.3) is 0 Å². The van der Waals surface area contributed by atoms with Gasteiger partial charge in [0.05, 0.1) is 12.6 Å². The Labute approximate surface area is 208 Å². The molecule has 0 spiro atoms. The summed E-state index contributed by atoms with van der Waals surface area (Å²) in [4.78, 5) is 9.03. The fourth-order valence-corrected chi connectivity index (χ4v) is 4.69. The first-order valence-electron chi connectivity index (χ1n) is 11.4. The van der Waals surface area contributed by atoms with Gasteiger partial charge < -0.3 is 15.2 Å². The Bertz CT molecular complexity index is 754. The number of hydrogen-bond donors (Lipinski definition) is 2. The van der Waals surface area contributed by atoms with E-state index in [4.69, 9.17) is 4.99 Å². The molecule has 2 N–H and O–H groups in total. The maximum absolute atomic E-state index is 4.99. The van der Waals surface area contributed by atoms with Gasteiger partial charge in [0.15, 0.2) is 5.96 Å². The molecule has 0 radical (unpaired) electrons. The maximum Gasteiger partial charge on any atom is 0.191 e. The number of piperidine rings is 1. The van der Waals surface area contributed by atoms with Gasteiger partial charge in [-0.15, -0.1) is 45.5 Å². The van der Waals surface area contributed by atoms with E-state index in [-0.39, 0.29) is 24.0 Å². The Morgan fingerprint density at radius 2 is 2.03 bits per heavy atom. The first-order valence-corrected chi connectivity index (χ1v) is 12.3. The summed E-state index contributed by atoms with van der Waals surface area (Å²) in [5.74, 6) is 2.76. The van der Waals surface area contributed by atoms with Crippen LogP contribution in [0.3, 0.4) is 0 Å². The van der Waals surface area contributed by atoms with Crippen molar-refractivity contribution in [1.29, 1.82) is 0 Å². The van der Waals surface area contributed by atoms with Crippen LogP contribution >= 0.6 is 35.3 Å². The van der Waals surface area contributed by atoms with E-state index in [1.54, 1.807) is 6.33 Å². The van der Waals surface area contributed by atoms with E-state index in [2.05, 4.69) is 68.6 Å². The van der Waals surface area contributed by atoms with E-state index >= 15 is 0 Å². The highest BCUT2D eigenvalue weighted by Gasteiger charge is 2.25. The molecule has 1 atom stereocenters. The minimum Gasteiger partial charge on any atom is -0.356 e. The van der Waals surface area contributed by atoms with E-state index in [9.17, 15) is 0 Å². The van der Waals surface area contributed by atoms with Crippen molar-refractivity contribution in [3.8, 4) is 0 Å². The Morgan fingerprint density at radius 1 is 1.26 bits per heavy atom. The van der Waals surface area contributed by atoms with Crippen molar-refractivity contribution in [3.05, 3.63) is 34.5 Å².